The Bertz CT molecular complexity index is 422. The Labute approximate surface area is 98.7 Å². The van der Waals surface area contributed by atoms with Crippen LogP contribution in [0.25, 0.3) is 0 Å². The molecule has 5 nitrogen and oxygen atoms in total. The summed E-state index contributed by atoms with van der Waals surface area (Å²) >= 11 is 0. The zero-order valence-corrected chi connectivity index (χ0v) is 9.46. The first-order chi connectivity index (χ1) is 7.97. The van der Waals surface area contributed by atoms with Gasteiger partial charge < -0.3 is 16.4 Å². The summed E-state index contributed by atoms with van der Waals surface area (Å²) in [6.45, 7) is 1.73. The molecule has 0 aliphatic rings. The number of urea groups is 1. The van der Waals surface area contributed by atoms with Crippen molar-refractivity contribution >= 4 is 17.6 Å². The van der Waals surface area contributed by atoms with E-state index in [1.807, 2.05) is 0 Å². The van der Waals surface area contributed by atoms with Crippen LogP contribution in [0, 0.1) is 11.2 Å². The summed E-state index contributed by atoms with van der Waals surface area (Å²) in [7, 11) is 0. The third-order valence-electron chi connectivity index (χ3n) is 1.99. The average Bonchev–Trinajstić information content (AvgIpc) is 2.14. The quantitative estimate of drug-likeness (QED) is 0.474. The van der Waals surface area contributed by atoms with Crippen LogP contribution < -0.4 is 16.4 Å². The summed E-state index contributed by atoms with van der Waals surface area (Å²) in [5.74, 6) is -0.414. The Balaban J connectivity index is 2.47. The van der Waals surface area contributed by atoms with Gasteiger partial charge in [0.25, 0.3) is 0 Å². The Morgan fingerprint density at radius 3 is 2.88 bits per heavy atom. The van der Waals surface area contributed by atoms with E-state index in [1.54, 1.807) is 13.0 Å². The van der Waals surface area contributed by atoms with Crippen LogP contribution >= 0.6 is 0 Å². The summed E-state index contributed by atoms with van der Waals surface area (Å²) in [6.07, 6.45) is 0.274. The number of rotatable bonds is 4. The van der Waals surface area contributed by atoms with E-state index in [0.717, 1.165) is 0 Å². The number of carbonyl (C=O) groups excluding carboxylic acids is 1. The molecule has 17 heavy (non-hydrogen) atoms. The highest BCUT2D eigenvalue weighted by Crippen LogP contribution is 2.08. The van der Waals surface area contributed by atoms with Gasteiger partial charge in [0.15, 0.2) is 0 Å². The Morgan fingerprint density at radius 2 is 2.29 bits per heavy atom. The standard InChI is InChI=1S/C11H15FN4O/c1-7(5-10(13)14)15-11(17)16-9-4-2-3-8(12)6-9/h2-4,6-7H,5H2,1H3,(H3,13,14)(H2,15,16,17). The topological polar surface area (TPSA) is 91.0 Å². The smallest absolute Gasteiger partial charge is 0.319 e. The molecule has 2 amide bonds. The highest BCUT2D eigenvalue weighted by Gasteiger charge is 2.08. The van der Waals surface area contributed by atoms with Crippen molar-refractivity contribution in [2.75, 3.05) is 5.32 Å². The zero-order chi connectivity index (χ0) is 12.8. The van der Waals surface area contributed by atoms with Crippen molar-refractivity contribution in [1.82, 2.24) is 5.32 Å². The molecule has 0 saturated carbocycles. The van der Waals surface area contributed by atoms with Crippen LogP contribution in [0.15, 0.2) is 24.3 Å². The van der Waals surface area contributed by atoms with Crippen LogP contribution in [0.3, 0.4) is 0 Å². The van der Waals surface area contributed by atoms with E-state index in [2.05, 4.69) is 10.6 Å². The van der Waals surface area contributed by atoms with E-state index in [-0.39, 0.29) is 18.3 Å². The second kappa shape index (κ2) is 5.83. The molecule has 0 aliphatic carbocycles. The summed E-state index contributed by atoms with van der Waals surface area (Å²) < 4.78 is 12.8. The number of nitrogens with one attached hydrogen (secondary N) is 3. The highest BCUT2D eigenvalue weighted by molar-refractivity contribution is 5.89. The van der Waals surface area contributed by atoms with Crippen molar-refractivity contribution in [2.45, 2.75) is 19.4 Å². The molecule has 1 aromatic carbocycles. The number of amidine groups is 1. The minimum atomic E-state index is -0.454. The first kappa shape index (κ1) is 13.0. The molecule has 0 saturated heterocycles. The van der Waals surface area contributed by atoms with Gasteiger partial charge in [-0.25, -0.2) is 9.18 Å². The molecule has 1 atom stereocenters. The van der Waals surface area contributed by atoms with Gasteiger partial charge in [0.1, 0.15) is 5.82 Å². The van der Waals surface area contributed by atoms with Gasteiger partial charge in [0, 0.05) is 18.2 Å². The maximum atomic E-state index is 12.8. The van der Waals surface area contributed by atoms with Gasteiger partial charge in [-0.15, -0.1) is 0 Å². The van der Waals surface area contributed by atoms with E-state index >= 15 is 0 Å². The molecule has 1 aromatic rings. The third kappa shape index (κ3) is 4.96. The van der Waals surface area contributed by atoms with Crippen LogP contribution in [-0.2, 0) is 0 Å². The maximum Gasteiger partial charge on any atom is 0.319 e. The number of anilines is 1. The van der Waals surface area contributed by atoms with Crippen molar-refractivity contribution < 1.29 is 9.18 Å². The number of carbonyl (C=O) groups is 1. The van der Waals surface area contributed by atoms with Crippen molar-refractivity contribution in [3.8, 4) is 0 Å². The minimum Gasteiger partial charge on any atom is -0.388 e. The van der Waals surface area contributed by atoms with Crippen molar-refractivity contribution in [3.63, 3.8) is 0 Å². The van der Waals surface area contributed by atoms with Crippen molar-refractivity contribution in [1.29, 1.82) is 5.41 Å². The summed E-state index contributed by atoms with van der Waals surface area (Å²) in [5.41, 5.74) is 5.58. The first-order valence-electron chi connectivity index (χ1n) is 5.13. The van der Waals surface area contributed by atoms with Gasteiger partial charge in [0.2, 0.25) is 0 Å². The van der Waals surface area contributed by atoms with Crippen LogP contribution in [0.4, 0.5) is 14.9 Å². The fourth-order valence-corrected chi connectivity index (χ4v) is 1.34. The zero-order valence-electron chi connectivity index (χ0n) is 9.46. The van der Waals surface area contributed by atoms with E-state index in [9.17, 15) is 9.18 Å². The summed E-state index contributed by atoms with van der Waals surface area (Å²) in [6, 6.07) is 4.89. The van der Waals surface area contributed by atoms with Crippen LogP contribution in [-0.4, -0.2) is 17.9 Å². The van der Waals surface area contributed by atoms with Crippen LogP contribution in [0.1, 0.15) is 13.3 Å². The van der Waals surface area contributed by atoms with E-state index in [1.165, 1.54) is 18.2 Å². The number of amides is 2. The van der Waals surface area contributed by atoms with E-state index < -0.39 is 11.8 Å². The monoisotopic (exact) mass is 238 g/mol. The fourth-order valence-electron chi connectivity index (χ4n) is 1.34. The van der Waals surface area contributed by atoms with Crippen molar-refractivity contribution in [2.24, 2.45) is 5.73 Å². The normalized spacial score (nSPS) is 11.6. The van der Waals surface area contributed by atoms with Crippen LogP contribution in [0.2, 0.25) is 0 Å². The number of hydrogen-bond acceptors (Lipinski definition) is 2. The minimum absolute atomic E-state index is 0.00329. The van der Waals surface area contributed by atoms with Gasteiger partial charge >= 0.3 is 6.03 Å². The van der Waals surface area contributed by atoms with Gasteiger partial charge in [-0.2, -0.15) is 0 Å². The third-order valence-corrected chi connectivity index (χ3v) is 1.99. The SMILES string of the molecule is CC(CC(=N)N)NC(=O)Nc1cccc(F)c1. The second-order valence-corrected chi connectivity index (χ2v) is 3.74. The molecule has 0 heterocycles. The molecule has 0 bridgehead atoms. The van der Waals surface area contributed by atoms with Crippen molar-refractivity contribution in [3.05, 3.63) is 30.1 Å². The summed E-state index contributed by atoms with van der Waals surface area (Å²) in [5, 5.41) is 12.1. The fraction of sp³-hybridized carbons (Fsp3) is 0.273. The Kier molecular flexibility index (Phi) is 4.45. The lowest BCUT2D eigenvalue weighted by atomic mass is 10.2. The molecular formula is C11H15FN4O. The number of halogens is 1. The number of hydrogen-bond donors (Lipinski definition) is 4. The Hall–Kier alpha value is -2.11. The average molecular weight is 238 g/mol. The lowest BCUT2D eigenvalue weighted by Crippen LogP contribution is -2.38. The molecule has 5 N–H and O–H groups in total. The summed E-state index contributed by atoms with van der Waals surface area (Å²) in [4.78, 5) is 11.5. The molecule has 1 unspecified atom stereocenters. The molecule has 6 heteroatoms. The van der Waals surface area contributed by atoms with E-state index in [4.69, 9.17) is 11.1 Å². The van der Waals surface area contributed by atoms with Gasteiger partial charge in [-0.05, 0) is 25.1 Å². The molecular weight excluding hydrogens is 223 g/mol. The van der Waals surface area contributed by atoms with Gasteiger partial charge in [-0.1, -0.05) is 6.07 Å². The predicted octanol–water partition coefficient (Wildman–Crippen LogP) is 1.66. The molecule has 0 spiro atoms. The molecule has 1 rings (SSSR count). The lowest BCUT2D eigenvalue weighted by Gasteiger charge is -2.13. The molecule has 92 valence electrons. The number of benzene rings is 1. The molecule has 0 aromatic heterocycles. The van der Waals surface area contributed by atoms with Gasteiger partial charge in [0.05, 0.1) is 5.84 Å². The second-order valence-electron chi connectivity index (χ2n) is 3.74. The molecule has 0 fully saturated rings. The first-order valence-corrected chi connectivity index (χ1v) is 5.13. The predicted molar refractivity (Wildman–Crippen MR) is 64.5 cm³/mol. The number of nitrogens with two attached hydrogens (primary N) is 1. The largest absolute Gasteiger partial charge is 0.388 e. The maximum absolute atomic E-state index is 12.8. The molecule has 0 aliphatic heterocycles. The highest BCUT2D eigenvalue weighted by atomic mass is 19.1. The lowest BCUT2D eigenvalue weighted by molar-refractivity contribution is 0.249. The van der Waals surface area contributed by atoms with E-state index in [0.29, 0.717) is 5.69 Å². The van der Waals surface area contributed by atoms with Crippen LogP contribution in [0.5, 0.6) is 0 Å². The molecule has 0 radical (unpaired) electrons. The Morgan fingerprint density at radius 1 is 1.59 bits per heavy atom. The van der Waals surface area contributed by atoms with Gasteiger partial charge in [-0.3, -0.25) is 5.41 Å².